The maximum Gasteiger partial charge on any atom is 0.318 e. The highest BCUT2D eigenvalue weighted by molar-refractivity contribution is 7.92. The summed E-state index contributed by atoms with van der Waals surface area (Å²) in [5, 5.41) is 0. The first-order valence-electron chi connectivity index (χ1n) is 10.2. The lowest BCUT2D eigenvalue weighted by Crippen LogP contribution is -2.44. The quantitative estimate of drug-likeness (QED) is 0.421. The van der Waals surface area contributed by atoms with Crippen molar-refractivity contribution in [2.75, 3.05) is 18.0 Å². The van der Waals surface area contributed by atoms with Crippen molar-refractivity contribution in [2.24, 2.45) is 0 Å². The number of aryl methyl sites for hydroxylation is 1. The van der Waals surface area contributed by atoms with Crippen molar-refractivity contribution in [3.8, 4) is 0 Å². The summed E-state index contributed by atoms with van der Waals surface area (Å²) in [6.07, 6.45) is -0.208. The predicted molar refractivity (Wildman–Crippen MR) is 121 cm³/mol. The zero-order chi connectivity index (χ0) is 22.9. The molecule has 0 aromatic heterocycles. The van der Waals surface area contributed by atoms with E-state index in [1.54, 1.807) is 78.9 Å². The molecule has 0 bridgehead atoms. The van der Waals surface area contributed by atoms with Crippen LogP contribution in [0.25, 0.3) is 0 Å². The van der Waals surface area contributed by atoms with Gasteiger partial charge in [0.05, 0.1) is 24.2 Å². The number of sulfonamides is 1. The van der Waals surface area contributed by atoms with Crippen LogP contribution in [0, 0.1) is 6.92 Å². The van der Waals surface area contributed by atoms with Crippen LogP contribution >= 0.6 is 0 Å². The second-order valence-electron chi connectivity index (χ2n) is 7.88. The Labute approximate surface area is 187 Å². The summed E-state index contributed by atoms with van der Waals surface area (Å²) < 4.78 is 33.4. The van der Waals surface area contributed by atoms with E-state index >= 15 is 0 Å². The highest BCUT2D eigenvalue weighted by Crippen LogP contribution is 2.46. The fourth-order valence-electron chi connectivity index (χ4n) is 4.16. The normalized spacial score (nSPS) is 17.6. The number of nitrogens with zero attached hydrogens (tertiary/aromatic N) is 1. The van der Waals surface area contributed by atoms with Gasteiger partial charge in [0.15, 0.2) is 5.78 Å². The van der Waals surface area contributed by atoms with E-state index in [0.717, 1.165) is 5.56 Å². The molecule has 164 valence electrons. The van der Waals surface area contributed by atoms with E-state index in [9.17, 15) is 18.0 Å². The van der Waals surface area contributed by atoms with Crippen molar-refractivity contribution in [2.45, 2.75) is 23.7 Å². The van der Waals surface area contributed by atoms with Gasteiger partial charge in [0.1, 0.15) is 5.41 Å². The van der Waals surface area contributed by atoms with Crippen LogP contribution in [0.1, 0.15) is 27.9 Å². The van der Waals surface area contributed by atoms with Crippen molar-refractivity contribution >= 4 is 27.5 Å². The Bertz CT molecular complexity index is 1270. The maximum absolute atomic E-state index is 13.6. The summed E-state index contributed by atoms with van der Waals surface area (Å²) in [6.45, 7) is 1.66. The van der Waals surface area contributed by atoms with Crippen LogP contribution in [0.5, 0.6) is 0 Å². The molecule has 3 aromatic carbocycles. The first-order valence-corrected chi connectivity index (χ1v) is 11.6. The van der Waals surface area contributed by atoms with Crippen molar-refractivity contribution < 1.29 is 22.7 Å². The summed E-state index contributed by atoms with van der Waals surface area (Å²) in [4.78, 5) is 26.4. The molecule has 1 unspecified atom stereocenters. The number of methoxy groups -OCH3 is 1. The third-order valence-corrected chi connectivity index (χ3v) is 7.62. The van der Waals surface area contributed by atoms with Crippen LogP contribution in [0.4, 0.5) is 5.69 Å². The molecule has 7 heteroatoms. The number of ketones is 1. The van der Waals surface area contributed by atoms with E-state index in [2.05, 4.69) is 0 Å². The number of benzene rings is 3. The van der Waals surface area contributed by atoms with Gasteiger partial charge in [-0.3, -0.25) is 13.9 Å². The van der Waals surface area contributed by atoms with Crippen molar-refractivity contribution in [1.82, 2.24) is 0 Å². The second-order valence-corrected chi connectivity index (χ2v) is 9.74. The smallest absolute Gasteiger partial charge is 0.318 e. The molecule has 0 N–H and O–H groups in total. The highest BCUT2D eigenvalue weighted by Gasteiger charge is 2.53. The molecule has 1 heterocycles. The lowest BCUT2D eigenvalue weighted by atomic mass is 9.77. The Hall–Kier alpha value is -3.45. The topological polar surface area (TPSA) is 80.8 Å². The molecular weight excluding hydrogens is 426 g/mol. The lowest BCUT2D eigenvalue weighted by molar-refractivity contribution is -0.146. The Morgan fingerprint density at radius 3 is 2.22 bits per heavy atom. The third kappa shape index (κ3) is 3.58. The van der Waals surface area contributed by atoms with Gasteiger partial charge in [0.2, 0.25) is 0 Å². The standard InChI is InChI=1S/C25H23NO5S/c1-18-12-14-20(15-13-18)32(29,30)26-17-25(24(28)31-2,21-10-6-7-11-22(21)26)16-23(27)19-8-4-3-5-9-19/h3-15H,16-17H2,1-2H3. The van der Waals surface area contributed by atoms with E-state index in [-0.39, 0.29) is 23.6 Å². The number of carbonyl (C=O) groups is 2. The summed E-state index contributed by atoms with van der Waals surface area (Å²) in [5.74, 6) is -0.906. The van der Waals surface area contributed by atoms with Gasteiger partial charge in [-0.25, -0.2) is 8.42 Å². The molecule has 0 aliphatic carbocycles. The molecule has 0 amide bonds. The zero-order valence-corrected chi connectivity index (χ0v) is 18.6. The fraction of sp³-hybridized carbons (Fsp3) is 0.200. The SMILES string of the molecule is COC(=O)C1(CC(=O)c2ccccc2)CN(S(=O)(=O)c2ccc(C)cc2)c2ccccc21. The van der Waals surface area contributed by atoms with Gasteiger partial charge >= 0.3 is 5.97 Å². The summed E-state index contributed by atoms with van der Waals surface area (Å²) in [5.41, 5.74) is 0.776. The molecule has 32 heavy (non-hydrogen) atoms. The molecule has 3 aromatic rings. The Morgan fingerprint density at radius 1 is 0.938 bits per heavy atom. The van der Waals surface area contributed by atoms with Gasteiger partial charge < -0.3 is 4.74 Å². The van der Waals surface area contributed by atoms with Crippen LogP contribution in [0.2, 0.25) is 0 Å². The molecule has 1 aliphatic heterocycles. The number of ether oxygens (including phenoxy) is 1. The molecule has 0 saturated carbocycles. The minimum absolute atomic E-state index is 0.118. The molecule has 0 saturated heterocycles. The van der Waals surface area contributed by atoms with Gasteiger partial charge in [-0.2, -0.15) is 0 Å². The monoisotopic (exact) mass is 449 g/mol. The molecule has 0 fully saturated rings. The summed E-state index contributed by atoms with van der Waals surface area (Å²) >= 11 is 0. The summed E-state index contributed by atoms with van der Waals surface area (Å²) in [6, 6.07) is 22.0. The highest BCUT2D eigenvalue weighted by atomic mass is 32.2. The first-order chi connectivity index (χ1) is 15.3. The maximum atomic E-state index is 13.6. The largest absolute Gasteiger partial charge is 0.468 e. The number of hydrogen-bond donors (Lipinski definition) is 0. The van der Waals surface area contributed by atoms with E-state index in [1.165, 1.54) is 11.4 Å². The third-order valence-electron chi connectivity index (χ3n) is 5.85. The second kappa shape index (κ2) is 8.24. The van der Waals surface area contributed by atoms with Crippen LogP contribution in [-0.2, 0) is 25.0 Å². The number of rotatable bonds is 6. The van der Waals surface area contributed by atoms with Crippen LogP contribution in [-0.4, -0.2) is 33.8 Å². The minimum atomic E-state index is -3.97. The van der Waals surface area contributed by atoms with E-state index in [0.29, 0.717) is 16.8 Å². The number of Topliss-reactive ketones (excluding diaryl/α,β-unsaturated/α-hetero) is 1. The van der Waals surface area contributed by atoms with Crippen LogP contribution in [0.15, 0.2) is 83.8 Å². The minimum Gasteiger partial charge on any atom is -0.468 e. The van der Waals surface area contributed by atoms with Crippen molar-refractivity contribution in [3.05, 3.63) is 95.6 Å². The van der Waals surface area contributed by atoms with Gasteiger partial charge in [0.25, 0.3) is 10.0 Å². The van der Waals surface area contributed by atoms with Gasteiger partial charge in [-0.05, 0) is 30.7 Å². The van der Waals surface area contributed by atoms with Crippen LogP contribution < -0.4 is 4.31 Å². The predicted octanol–water partition coefficient (Wildman–Crippen LogP) is 3.89. The number of hydrogen-bond acceptors (Lipinski definition) is 5. The Kier molecular flexibility index (Phi) is 5.60. The Morgan fingerprint density at radius 2 is 1.56 bits per heavy atom. The fourth-order valence-corrected chi connectivity index (χ4v) is 5.70. The van der Waals surface area contributed by atoms with Gasteiger partial charge in [-0.1, -0.05) is 66.2 Å². The van der Waals surface area contributed by atoms with E-state index < -0.39 is 21.4 Å². The van der Waals surface area contributed by atoms with Crippen molar-refractivity contribution in [3.63, 3.8) is 0 Å². The van der Waals surface area contributed by atoms with Gasteiger partial charge in [-0.15, -0.1) is 0 Å². The molecule has 0 spiro atoms. The molecule has 6 nitrogen and oxygen atoms in total. The molecule has 0 radical (unpaired) electrons. The summed E-state index contributed by atoms with van der Waals surface area (Å²) in [7, 11) is -2.72. The first kappa shape index (κ1) is 21.8. The average Bonchev–Trinajstić information content (AvgIpc) is 3.15. The number of esters is 1. The zero-order valence-electron chi connectivity index (χ0n) is 17.8. The average molecular weight is 450 g/mol. The van der Waals surface area contributed by atoms with Crippen LogP contribution in [0.3, 0.4) is 0 Å². The number of carbonyl (C=O) groups excluding carboxylic acids is 2. The number of anilines is 1. The molecular formula is C25H23NO5S. The molecule has 4 rings (SSSR count). The van der Waals surface area contributed by atoms with E-state index in [4.69, 9.17) is 4.74 Å². The lowest BCUT2D eigenvalue weighted by Gasteiger charge is -2.27. The molecule has 1 aliphatic rings. The van der Waals surface area contributed by atoms with Crippen molar-refractivity contribution in [1.29, 1.82) is 0 Å². The number of para-hydroxylation sites is 1. The Balaban J connectivity index is 1.83. The van der Waals surface area contributed by atoms with E-state index in [1.807, 2.05) is 6.92 Å². The molecule has 1 atom stereocenters. The number of fused-ring (bicyclic) bond motifs is 1. The van der Waals surface area contributed by atoms with Gasteiger partial charge in [0, 0.05) is 12.0 Å².